The fraction of sp³-hybridized carbons (Fsp3) is 0.400. The van der Waals surface area contributed by atoms with Gasteiger partial charge in [-0.2, -0.15) is 4.98 Å². The molecule has 0 spiro atoms. The molecule has 0 atom stereocenters. The van der Waals surface area contributed by atoms with Crippen LogP contribution in [0, 0.1) is 13.8 Å². The third kappa shape index (κ3) is 4.70. The molecule has 0 aliphatic carbocycles. The fourth-order valence-corrected chi connectivity index (χ4v) is 2.71. The maximum absolute atomic E-state index is 11.9. The first kappa shape index (κ1) is 16.2. The molecule has 22 heavy (non-hydrogen) atoms. The molecule has 7 heteroatoms. The highest BCUT2D eigenvalue weighted by Gasteiger charge is 2.07. The summed E-state index contributed by atoms with van der Waals surface area (Å²) in [6.07, 6.45) is 0. The normalized spacial score (nSPS) is 10.3. The monoisotopic (exact) mass is 319 g/mol. The summed E-state index contributed by atoms with van der Waals surface area (Å²) >= 11 is 1.46. The van der Waals surface area contributed by atoms with E-state index in [2.05, 4.69) is 25.9 Å². The highest BCUT2D eigenvalue weighted by molar-refractivity contribution is 7.12. The number of thiophene rings is 1. The second-order valence-corrected chi connectivity index (χ2v) is 5.83. The molecule has 0 unspecified atom stereocenters. The Labute approximate surface area is 134 Å². The van der Waals surface area contributed by atoms with Crippen LogP contribution in [0.15, 0.2) is 17.5 Å². The number of aromatic nitrogens is 2. The van der Waals surface area contributed by atoms with Crippen LogP contribution in [0.3, 0.4) is 0 Å². The van der Waals surface area contributed by atoms with Crippen LogP contribution in [-0.4, -0.2) is 35.5 Å². The first-order chi connectivity index (χ1) is 10.6. The van der Waals surface area contributed by atoms with Gasteiger partial charge in [0.2, 0.25) is 5.95 Å². The quantitative estimate of drug-likeness (QED) is 0.683. The zero-order valence-electron chi connectivity index (χ0n) is 13.1. The molecule has 0 fully saturated rings. The molecule has 0 aliphatic rings. The molecule has 0 saturated heterocycles. The van der Waals surface area contributed by atoms with Gasteiger partial charge in [0.05, 0.1) is 4.88 Å². The predicted molar refractivity (Wildman–Crippen MR) is 90.8 cm³/mol. The van der Waals surface area contributed by atoms with Crippen LogP contribution in [0.1, 0.15) is 27.9 Å². The van der Waals surface area contributed by atoms with Gasteiger partial charge in [0.1, 0.15) is 5.82 Å². The van der Waals surface area contributed by atoms with E-state index in [0.29, 0.717) is 19.0 Å². The Morgan fingerprint density at radius 2 is 2.00 bits per heavy atom. The van der Waals surface area contributed by atoms with Crippen LogP contribution in [0.4, 0.5) is 11.8 Å². The lowest BCUT2D eigenvalue weighted by molar-refractivity contribution is 0.0959. The van der Waals surface area contributed by atoms with Crippen molar-refractivity contribution >= 4 is 29.0 Å². The number of anilines is 2. The first-order valence-corrected chi connectivity index (χ1v) is 8.13. The van der Waals surface area contributed by atoms with Crippen molar-refractivity contribution < 1.29 is 4.79 Å². The summed E-state index contributed by atoms with van der Waals surface area (Å²) in [4.78, 5) is 21.3. The van der Waals surface area contributed by atoms with Gasteiger partial charge >= 0.3 is 0 Å². The molecule has 0 radical (unpaired) electrons. The van der Waals surface area contributed by atoms with Crippen LogP contribution in [0.5, 0.6) is 0 Å². The maximum atomic E-state index is 11.9. The number of hydrogen-bond donors (Lipinski definition) is 3. The van der Waals surface area contributed by atoms with Gasteiger partial charge < -0.3 is 16.0 Å². The molecule has 0 bridgehead atoms. The van der Waals surface area contributed by atoms with Gasteiger partial charge in [0, 0.05) is 31.4 Å². The second-order valence-electron chi connectivity index (χ2n) is 4.92. The Kier molecular flexibility index (Phi) is 5.71. The van der Waals surface area contributed by atoms with Gasteiger partial charge in [0.25, 0.3) is 5.91 Å². The summed E-state index contributed by atoms with van der Waals surface area (Å²) in [7, 11) is 0. The van der Waals surface area contributed by atoms with Gasteiger partial charge in [0.15, 0.2) is 0 Å². The molecule has 2 heterocycles. The second kappa shape index (κ2) is 7.74. The topological polar surface area (TPSA) is 78.9 Å². The lowest BCUT2D eigenvalue weighted by Gasteiger charge is -2.09. The van der Waals surface area contributed by atoms with E-state index in [4.69, 9.17) is 0 Å². The highest BCUT2D eigenvalue weighted by atomic mass is 32.1. The summed E-state index contributed by atoms with van der Waals surface area (Å²) in [5, 5.41) is 11.1. The molecule has 0 aromatic carbocycles. The standard InChI is InChI=1S/C15H21N5OS/c1-4-16-15-19-11(3)8-13(20-15)17-5-6-18-14(21)12-7-10(2)9-22-12/h7-9H,4-6H2,1-3H3,(H,18,21)(H2,16,17,19,20). The zero-order valence-corrected chi connectivity index (χ0v) is 13.9. The van der Waals surface area contributed by atoms with Crippen molar-refractivity contribution in [2.75, 3.05) is 30.3 Å². The van der Waals surface area contributed by atoms with Crippen molar-refractivity contribution in [2.24, 2.45) is 0 Å². The van der Waals surface area contributed by atoms with Crippen LogP contribution < -0.4 is 16.0 Å². The average Bonchev–Trinajstić information content (AvgIpc) is 2.90. The number of hydrogen-bond acceptors (Lipinski definition) is 6. The van der Waals surface area contributed by atoms with E-state index in [-0.39, 0.29) is 5.91 Å². The number of amides is 1. The lowest BCUT2D eigenvalue weighted by atomic mass is 10.3. The van der Waals surface area contributed by atoms with E-state index in [1.807, 2.05) is 38.3 Å². The number of carbonyl (C=O) groups is 1. The van der Waals surface area contributed by atoms with Crippen molar-refractivity contribution in [1.82, 2.24) is 15.3 Å². The van der Waals surface area contributed by atoms with E-state index in [9.17, 15) is 4.79 Å². The predicted octanol–water partition coefficient (Wildman–Crippen LogP) is 2.43. The molecule has 6 nitrogen and oxygen atoms in total. The van der Waals surface area contributed by atoms with Crippen LogP contribution in [0.2, 0.25) is 0 Å². The Balaban J connectivity index is 1.80. The molecule has 2 aromatic rings. The molecule has 1 amide bonds. The van der Waals surface area contributed by atoms with Crippen molar-refractivity contribution in [3.05, 3.63) is 33.6 Å². The van der Waals surface area contributed by atoms with Crippen LogP contribution in [0.25, 0.3) is 0 Å². The van der Waals surface area contributed by atoms with E-state index >= 15 is 0 Å². The minimum Gasteiger partial charge on any atom is -0.368 e. The van der Waals surface area contributed by atoms with E-state index < -0.39 is 0 Å². The minimum atomic E-state index is -0.0351. The molecular formula is C15H21N5OS. The number of carbonyl (C=O) groups excluding carboxylic acids is 1. The third-order valence-electron chi connectivity index (χ3n) is 2.86. The SMILES string of the molecule is CCNc1nc(C)cc(NCCNC(=O)c2cc(C)cs2)n1. The van der Waals surface area contributed by atoms with Crippen LogP contribution in [-0.2, 0) is 0 Å². The Morgan fingerprint density at radius 1 is 1.18 bits per heavy atom. The molecule has 2 aromatic heterocycles. The van der Waals surface area contributed by atoms with E-state index in [1.54, 1.807) is 0 Å². The molecule has 118 valence electrons. The lowest BCUT2D eigenvalue weighted by Crippen LogP contribution is -2.28. The minimum absolute atomic E-state index is 0.0351. The highest BCUT2D eigenvalue weighted by Crippen LogP contribution is 2.13. The smallest absolute Gasteiger partial charge is 0.261 e. The number of nitrogens with zero attached hydrogens (tertiary/aromatic N) is 2. The molecule has 2 rings (SSSR count). The van der Waals surface area contributed by atoms with Gasteiger partial charge in [-0.1, -0.05) is 0 Å². The third-order valence-corrected chi connectivity index (χ3v) is 3.91. The fourth-order valence-electron chi connectivity index (χ4n) is 1.90. The van der Waals surface area contributed by atoms with Crippen molar-refractivity contribution in [1.29, 1.82) is 0 Å². The zero-order chi connectivity index (χ0) is 15.9. The average molecular weight is 319 g/mol. The van der Waals surface area contributed by atoms with Gasteiger partial charge in [-0.05, 0) is 37.8 Å². The van der Waals surface area contributed by atoms with E-state index in [1.165, 1.54) is 11.3 Å². The maximum Gasteiger partial charge on any atom is 0.261 e. The summed E-state index contributed by atoms with van der Waals surface area (Å²) in [5.74, 6) is 1.33. The molecule has 3 N–H and O–H groups in total. The van der Waals surface area contributed by atoms with Crippen LogP contribution >= 0.6 is 11.3 Å². The Morgan fingerprint density at radius 3 is 2.68 bits per heavy atom. The Bertz CT molecular complexity index is 641. The molecule has 0 saturated carbocycles. The largest absolute Gasteiger partial charge is 0.368 e. The van der Waals surface area contributed by atoms with Crippen molar-refractivity contribution in [3.8, 4) is 0 Å². The van der Waals surface area contributed by atoms with Gasteiger partial charge in [-0.3, -0.25) is 4.79 Å². The summed E-state index contributed by atoms with van der Waals surface area (Å²) in [6.45, 7) is 7.83. The van der Waals surface area contributed by atoms with Crippen molar-refractivity contribution in [2.45, 2.75) is 20.8 Å². The summed E-state index contributed by atoms with van der Waals surface area (Å²) in [5.41, 5.74) is 2.01. The Hall–Kier alpha value is -2.15. The van der Waals surface area contributed by atoms with Gasteiger partial charge in [-0.15, -0.1) is 11.3 Å². The summed E-state index contributed by atoms with van der Waals surface area (Å²) < 4.78 is 0. The van der Waals surface area contributed by atoms with Crippen molar-refractivity contribution in [3.63, 3.8) is 0 Å². The molecule has 0 aliphatic heterocycles. The summed E-state index contributed by atoms with van der Waals surface area (Å²) in [6, 6.07) is 3.77. The first-order valence-electron chi connectivity index (χ1n) is 7.25. The van der Waals surface area contributed by atoms with E-state index in [0.717, 1.165) is 28.5 Å². The number of nitrogens with one attached hydrogen (secondary N) is 3. The molecular weight excluding hydrogens is 298 g/mol. The van der Waals surface area contributed by atoms with Gasteiger partial charge in [-0.25, -0.2) is 4.98 Å². The number of rotatable bonds is 7. The number of aryl methyl sites for hydroxylation is 2.